The van der Waals surface area contributed by atoms with E-state index in [0.29, 0.717) is 10.5 Å². The lowest BCUT2D eigenvalue weighted by molar-refractivity contribution is -0.112. The number of amides is 1. The van der Waals surface area contributed by atoms with Crippen LogP contribution in [0.25, 0.3) is 5.57 Å². The first-order valence-corrected chi connectivity index (χ1v) is 7.57. The van der Waals surface area contributed by atoms with Crippen LogP contribution in [0.4, 0.5) is 5.69 Å². The van der Waals surface area contributed by atoms with E-state index < -0.39 is 0 Å². The number of allylic oxidation sites excluding steroid dienone is 1. The molecule has 20 heavy (non-hydrogen) atoms. The van der Waals surface area contributed by atoms with Crippen molar-refractivity contribution in [3.8, 4) is 0 Å². The molecular weight excluding hydrogens is 338 g/mol. The molecule has 1 aliphatic rings. The zero-order valence-electron chi connectivity index (χ0n) is 10.6. The van der Waals surface area contributed by atoms with Gasteiger partial charge >= 0.3 is 0 Å². The van der Waals surface area contributed by atoms with E-state index in [9.17, 15) is 9.59 Å². The molecule has 0 N–H and O–H groups in total. The maximum Gasteiger partial charge on any atom is 0.258 e. The van der Waals surface area contributed by atoms with Crippen LogP contribution in [0.1, 0.15) is 15.2 Å². The second-order valence-electron chi connectivity index (χ2n) is 4.41. The Labute approximate surface area is 128 Å². The number of ketones is 1. The quantitative estimate of drug-likeness (QED) is 0.612. The average Bonchev–Trinajstić information content (AvgIpc) is 2.98. The summed E-state index contributed by atoms with van der Waals surface area (Å²) in [4.78, 5) is 26.6. The molecular formula is C15H10BrNO2S. The Kier molecular flexibility index (Phi) is 3.31. The van der Waals surface area contributed by atoms with E-state index in [4.69, 9.17) is 0 Å². The minimum Gasteiger partial charge on any atom is -0.311 e. The highest BCUT2D eigenvalue weighted by molar-refractivity contribution is 9.11. The van der Waals surface area contributed by atoms with Crippen LogP contribution >= 0.6 is 27.3 Å². The summed E-state index contributed by atoms with van der Waals surface area (Å²) in [6.07, 6.45) is 1.43. The summed E-state index contributed by atoms with van der Waals surface area (Å²) in [5, 5.41) is 0. The van der Waals surface area contributed by atoms with Gasteiger partial charge in [-0.15, -0.1) is 11.3 Å². The number of nitrogens with zero attached hydrogens (tertiary/aromatic N) is 1. The van der Waals surface area contributed by atoms with Crippen molar-refractivity contribution >= 4 is 50.2 Å². The lowest BCUT2D eigenvalue weighted by Gasteiger charge is -2.07. The molecule has 0 aliphatic carbocycles. The molecule has 0 spiro atoms. The van der Waals surface area contributed by atoms with Crippen LogP contribution in [0, 0.1) is 0 Å². The Morgan fingerprint density at radius 1 is 1.25 bits per heavy atom. The molecule has 3 nitrogen and oxygen atoms in total. The maximum absolute atomic E-state index is 12.2. The zero-order valence-corrected chi connectivity index (χ0v) is 13.0. The number of hydrogen-bond donors (Lipinski definition) is 0. The second kappa shape index (κ2) is 5.00. The number of rotatable bonds is 2. The number of hydrogen-bond acceptors (Lipinski definition) is 3. The number of anilines is 1. The summed E-state index contributed by atoms with van der Waals surface area (Å²) in [5.74, 6) is -0.288. The van der Waals surface area contributed by atoms with Crippen molar-refractivity contribution in [3.63, 3.8) is 0 Å². The van der Waals surface area contributed by atoms with Crippen LogP contribution in [0.5, 0.6) is 0 Å². The van der Waals surface area contributed by atoms with Crippen molar-refractivity contribution < 1.29 is 9.59 Å². The van der Waals surface area contributed by atoms with E-state index in [1.807, 2.05) is 30.3 Å². The smallest absolute Gasteiger partial charge is 0.258 e. The Bertz CT molecular complexity index is 748. The second-order valence-corrected chi connectivity index (χ2v) is 6.87. The third kappa shape index (κ3) is 2.13. The number of carbonyl (C=O) groups is 2. The fourth-order valence-electron chi connectivity index (χ4n) is 2.19. The van der Waals surface area contributed by atoms with E-state index in [1.54, 1.807) is 18.0 Å². The molecule has 1 amide bonds. The number of carbonyl (C=O) groups excluding carboxylic acids is 2. The zero-order chi connectivity index (χ0) is 14.3. The van der Waals surface area contributed by atoms with Crippen molar-refractivity contribution in [2.75, 3.05) is 11.9 Å². The monoisotopic (exact) mass is 347 g/mol. The number of halogens is 1. The molecule has 0 saturated heterocycles. The minimum atomic E-state index is -0.144. The van der Waals surface area contributed by atoms with Crippen LogP contribution in [-0.2, 0) is 4.79 Å². The van der Waals surface area contributed by atoms with Gasteiger partial charge < -0.3 is 4.90 Å². The van der Waals surface area contributed by atoms with Gasteiger partial charge in [0.05, 0.1) is 19.9 Å². The summed E-state index contributed by atoms with van der Waals surface area (Å²) in [6, 6.07) is 11.1. The summed E-state index contributed by atoms with van der Waals surface area (Å²) < 4.78 is 0.898. The number of para-hydroxylation sites is 1. The SMILES string of the molecule is CN1C(=O)C(=CC(=O)c2ccc(Br)s2)c2ccccc21. The van der Waals surface area contributed by atoms with Gasteiger partial charge in [-0.05, 0) is 34.1 Å². The fraction of sp³-hybridized carbons (Fsp3) is 0.0667. The van der Waals surface area contributed by atoms with Crippen molar-refractivity contribution in [2.24, 2.45) is 0 Å². The van der Waals surface area contributed by atoms with Gasteiger partial charge in [0.2, 0.25) is 0 Å². The van der Waals surface area contributed by atoms with Gasteiger partial charge in [0.25, 0.3) is 5.91 Å². The first-order valence-electron chi connectivity index (χ1n) is 5.97. The van der Waals surface area contributed by atoms with Crippen LogP contribution in [0.3, 0.4) is 0 Å². The van der Waals surface area contributed by atoms with Crippen molar-refractivity contribution in [2.45, 2.75) is 0 Å². The van der Waals surface area contributed by atoms with E-state index in [1.165, 1.54) is 17.4 Å². The number of fused-ring (bicyclic) bond motifs is 1. The van der Waals surface area contributed by atoms with Crippen LogP contribution in [-0.4, -0.2) is 18.7 Å². The molecule has 1 aliphatic heterocycles. The number of thiophene rings is 1. The van der Waals surface area contributed by atoms with Gasteiger partial charge in [0.1, 0.15) is 0 Å². The third-order valence-electron chi connectivity index (χ3n) is 3.18. The van der Waals surface area contributed by atoms with E-state index in [2.05, 4.69) is 15.9 Å². The predicted octanol–water partition coefficient (Wildman–Crippen LogP) is 3.75. The standard InChI is InChI=1S/C15H10BrNO2S/c1-17-11-5-3-2-4-9(11)10(15(17)19)8-12(18)13-6-7-14(16)20-13/h2-8H,1H3. The van der Waals surface area contributed by atoms with Gasteiger partial charge in [0, 0.05) is 18.7 Å². The number of benzene rings is 1. The van der Waals surface area contributed by atoms with Crippen molar-refractivity contribution in [1.82, 2.24) is 0 Å². The van der Waals surface area contributed by atoms with Gasteiger partial charge in [-0.25, -0.2) is 0 Å². The largest absolute Gasteiger partial charge is 0.311 e. The summed E-state index contributed by atoms with van der Waals surface area (Å²) >= 11 is 4.69. The molecule has 0 bridgehead atoms. The first-order chi connectivity index (χ1) is 9.58. The molecule has 0 saturated carbocycles. The highest BCUT2D eigenvalue weighted by atomic mass is 79.9. The first kappa shape index (κ1) is 13.3. The fourth-order valence-corrected chi connectivity index (χ4v) is 3.48. The van der Waals surface area contributed by atoms with Gasteiger partial charge in [0.15, 0.2) is 5.78 Å². The normalized spacial score (nSPS) is 15.8. The number of likely N-dealkylation sites (N-methyl/N-ethyl adjacent to an activating group) is 1. The third-order valence-corrected chi connectivity index (χ3v) is 4.82. The van der Waals surface area contributed by atoms with E-state index >= 15 is 0 Å². The minimum absolute atomic E-state index is 0.143. The molecule has 1 aromatic carbocycles. The van der Waals surface area contributed by atoms with Gasteiger partial charge in [-0.1, -0.05) is 18.2 Å². The van der Waals surface area contributed by atoms with Crippen LogP contribution in [0.2, 0.25) is 0 Å². The molecule has 0 atom stereocenters. The molecule has 2 heterocycles. The lowest BCUT2D eigenvalue weighted by atomic mass is 10.1. The molecule has 0 unspecified atom stereocenters. The topological polar surface area (TPSA) is 37.4 Å². The molecule has 0 fully saturated rings. The van der Waals surface area contributed by atoms with Crippen molar-refractivity contribution in [3.05, 3.63) is 56.7 Å². The highest BCUT2D eigenvalue weighted by Gasteiger charge is 2.29. The molecule has 2 aromatic rings. The molecule has 3 rings (SSSR count). The Morgan fingerprint density at radius 2 is 2.00 bits per heavy atom. The maximum atomic E-state index is 12.2. The Morgan fingerprint density at radius 3 is 2.70 bits per heavy atom. The summed E-state index contributed by atoms with van der Waals surface area (Å²) in [7, 11) is 1.72. The Balaban J connectivity index is 2.04. The van der Waals surface area contributed by atoms with Gasteiger partial charge in [-0.2, -0.15) is 0 Å². The van der Waals surface area contributed by atoms with Gasteiger partial charge in [-0.3, -0.25) is 9.59 Å². The highest BCUT2D eigenvalue weighted by Crippen LogP contribution is 2.35. The van der Waals surface area contributed by atoms with Crippen LogP contribution in [0.15, 0.2) is 46.3 Å². The predicted molar refractivity (Wildman–Crippen MR) is 84.2 cm³/mol. The van der Waals surface area contributed by atoms with E-state index in [-0.39, 0.29) is 11.7 Å². The molecule has 5 heteroatoms. The lowest BCUT2D eigenvalue weighted by Crippen LogP contribution is -2.20. The van der Waals surface area contributed by atoms with Crippen molar-refractivity contribution in [1.29, 1.82) is 0 Å². The average molecular weight is 348 g/mol. The summed E-state index contributed by atoms with van der Waals surface area (Å²) in [6.45, 7) is 0. The molecule has 0 radical (unpaired) electrons. The van der Waals surface area contributed by atoms with E-state index in [0.717, 1.165) is 15.0 Å². The summed E-state index contributed by atoms with van der Waals surface area (Å²) in [5.41, 5.74) is 2.10. The van der Waals surface area contributed by atoms with Crippen LogP contribution < -0.4 is 4.90 Å². The molecule has 100 valence electrons. The Hall–Kier alpha value is -1.72. The molecule has 1 aromatic heterocycles.